The Morgan fingerprint density at radius 2 is 1.29 bits per heavy atom. The van der Waals surface area contributed by atoms with Gasteiger partial charge >= 0.3 is 0 Å². The maximum absolute atomic E-state index is 13.3. The highest BCUT2D eigenvalue weighted by Gasteiger charge is 2.29. The van der Waals surface area contributed by atoms with Gasteiger partial charge in [-0.2, -0.15) is 0 Å². The van der Waals surface area contributed by atoms with Crippen LogP contribution in [0.15, 0.2) is 0 Å². The van der Waals surface area contributed by atoms with E-state index in [2.05, 4.69) is 0 Å². The van der Waals surface area contributed by atoms with Crippen molar-refractivity contribution in [1.29, 1.82) is 0 Å². The molecular formula is C10H10F5NO. The van der Waals surface area contributed by atoms with Crippen molar-refractivity contribution in [3.05, 3.63) is 29.1 Å². The molecule has 1 aromatic rings. The van der Waals surface area contributed by atoms with Crippen LogP contribution in [0.2, 0.25) is 0 Å². The lowest BCUT2D eigenvalue weighted by atomic mass is 10.2. The third-order valence-corrected chi connectivity index (χ3v) is 2.46. The molecule has 0 aliphatic carbocycles. The molecule has 1 aromatic carbocycles. The average molecular weight is 255 g/mol. The van der Waals surface area contributed by atoms with Gasteiger partial charge in [-0.1, -0.05) is 0 Å². The molecule has 1 N–H and O–H groups in total. The summed E-state index contributed by atoms with van der Waals surface area (Å²) in [4.78, 5) is 0.788. The summed E-state index contributed by atoms with van der Waals surface area (Å²) in [6.07, 6.45) is 0. The minimum Gasteiger partial charge on any atom is -0.394 e. The number of nitrogens with zero attached hydrogens (tertiary/aromatic N) is 1. The van der Waals surface area contributed by atoms with Crippen LogP contribution >= 0.6 is 0 Å². The zero-order valence-electron chi connectivity index (χ0n) is 9.07. The summed E-state index contributed by atoms with van der Waals surface area (Å²) in [5.41, 5.74) is -1.05. The lowest BCUT2D eigenvalue weighted by Gasteiger charge is -2.26. The molecule has 0 spiro atoms. The highest BCUT2D eigenvalue weighted by molar-refractivity contribution is 5.50. The minimum atomic E-state index is -2.20. The smallest absolute Gasteiger partial charge is 0.200 e. The number of likely N-dealkylation sites (N-methyl/N-ethyl adjacent to an activating group) is 1. The molecule has 0 aliphatic rings. The molecule has 0 aromatic heterocycles. The molecule has 0 bridgehead atoms. The molecule has 0 amide bonds. The van der Waals surface area contributed by atoms with Crippen molar-refractivity contribution in [3.63, 3.8) is 0 Å². The molecule has 2 nitrogen and oxygen atoms in total. The summed E-state index contributed by atoms with van der Waals surface area (Å²) in [7, 11) is 1.12. The van der Waals surface area contributed by atoms with Crippen molar-refractivity contribution in [1.82, 2.24) is 0 Å². The van der Waals surface area contributed by atoms with Crippen LogP contribution in [0.3, 0.4) is 0 Å². The summed E-state index contributed by atoms with van der Waals surface area (Å²) in [6.45, 7) is 0.883. The molecule has 0 radical (unpaired) electrons. The fraction of sp³-hybridized carbons (Fsp3) is 0.400. The standard InChI is InChI=1S/C10H10F5NO/c1-4(3-17)16(2)10-8(14)6(12)5(11)7(13)9(10)15/h4,17H,3H2,1-2H3. The predicted octanol–water partition coefficient (Wildman–Crippen LogP) is 2.20. The van der Waals surface area contributed by atoms with E-state index in [1.165, 1.54) is 6.92 Å². The van der Waals surface area contributed by atoms with Gasteiger partial charge in [-0.3, -0.25) is 0 Å². The molecule has 1 unspecified atom stereocenters. The highest BCUT2D eigenvalue weighted by Crippen LogP contribution is 2.30. The Morgan fingerprint density at radius 3 is 1.65 bits per heavy atom. The molecule has 7 heteroatoms. The Morgan fingerprint density at radius 1 is 0.941 bits per heavy atom. The van der Waals surface area contributed by atoms with Gasteiger partial charge in [-0.05, 0) is 6.92 Å². The maximum atomic E-state index is 13.3. The predicted molar refractivity (Wildman–Crippen MR) is 51.2 cm³/mol. The van der Waals surface area contributed by atoms with Gasteiger partial charge in [-0.15, -0.1) is 0 Å². The van der Waals surface area contributed by atoms with Crippen molar-refractivity contribution >= 4 is 5.69 Å². The Hall–Kier alpha value is -1.37. The number of anilines is 1. The van der Waals surface area contributed by atoms with Gasteiger partial charge in [0, 0.05) is 13.1 Å². The zero-order chi connectivity index (χ0) is 13.3. The van der Waals surface area contributed by atoms with Crippen LogP contribution in [0.4, 0.5) is 27.6 Å². The first-order valence-corrected chi connectivity index (χ1v) is 4.68. The van der Waals surface area contributed by atoms with Crippen LogP contribution in [-0.4, -0.2) is 24.8 Å². The van der Waals surface area contributed by atoms with Crippen LogP contribution in [0.1, 0.15) is 6.92 Å². The monoisotopic (exact) mass is 255 g/mol. The molecule has 96 valence electrons. The Bertz CT molecular complexity index is 408. The van der Waals surface area contributed by atoms with Crippen molar-refractivity contribution in [2.75, 3.05) is 18.6 Å². The molecular weight excluding hydrogens is 245 g/mol. The molecule has 0 fully saturated rings. The van der Waals surface area contributed by atoms with Gasteiger partial charge < -0.3 is 10.0 Å². The summed E-state index contributed by atoms with van der Waals surface area (Å²) < 4.78 is 65.1. The van der Waals surface area contributed by atoms with Crippen LogP contribution in [0.25, 0.3) is 0 Å². The Kier molecular flexibility index (Phi) is 3.92. The van der Waals surface area contributed by atoms with E-state index in [0.29, 0.717) is 0 Å². The van der Waals surface area contributed by atoms with Crippen molar-refractivity contribution < 1.29 is 27.1 Å². The number of aliphatic hydroxyl groups excluding tert-OH is 1. The maximum Gasteiger partial charge on any atom is 0.200 e. The molecule has 0 saturated carbocycles. The second kappa shape index (κ2) is 4.87. The second-order valence-corrected chi connectivity index (χ2v) is 3.56. The first-order chi connectivity index (χ1) is 7.82. The highest BCUT2D eigenvalue weighted by atomic mass is 19.2. The van der Waals surface area contributed by atoms with Gasteiger partial charge in [0.05, 0.1) is 6.61 Å². The third kappa shape index (κ3) is 2.19. The van der Waals surface area contributed by atoms with Gasteiger partial charge in [-0.25, -0.2) is 22.0 Å². The molecule has 0 heterocycles. The minimum absolute atomic E-state index is 0.490. The van der Waals surface area contributed by atoms with E-state index >= 15 is 0 Å². The van der Waals surface area contributed by atoms with Crippen LogP contribution < -0.4 is 4.90 Å². The number of aliphatic hydroxyl groups is 1. The fourth-order valence-corrected chi connectivity index (χ4v) is 1.25. The first-order valence-electron chi connectivity index (χ1n) is 4.68. The number of hydrogen-bond acceptors (Lipinski definition) is 2. The van der Waals surface area contributed by atoms with Crippen LogP contribution in [-0.2, 0) is 0 Å². The third-order valence-electron chi connectivity index (χ3n) is 2.46. The van der Waals surface area contributed by atoms with Crippen LogP contribution in [0.5, 0.6) is 0 Å². The van der Waals surface area contributed by atoms with E-state index in [9.17, 15) is 22.0 Å². The SMILES string of the molecule is CC(CO)N(C)c1c(F)c(F)c(F)c(F)c1F. The lowest BCUT2D eigenvalue weighted by Crippen LogP contribution is -2.34. The molecule has 1 atom stereocenters. The fourth-order valence-electron chi connectivity index (χ4n) is 1.25. The molecule has 0 saturated heterocycles. The normalized spacial score (nSPS) is 12.7. The lowest BCUT2D eigenvalue weighted by molar-refractivity contribution is 0.268. The summed E-state index contributed by atoms with van der Waals surface area (Å²) in [5.74, 6) is -10.0. The topological polar surface area (TPSA) is 23.5 Å². The van der Waals surface area contributed by atoms with Crippen LogP contribution in [0, 0.1) is 29.1 Å². The number of halogens is 5. The van der Waals surface area contributed by atoms with E-state index in [1.54, 1.807) is 0 Å². The van der Waals surface area contributed by atoms with E-state index in [1.807, 2.05) is 0 Å². The van der Waals surface area contributed by atoms with Crippen molar-refractivity contribution in [2.24, 2.45) is 0 Å². The van der Waals surface area contributed by atoms with E-state index in [4.69, 9.17) is 5.11 Å². The molecule has 0 aliphatic heterocycles. The van der Waals surface area contributed by atoms with Gasteiger partial charge in [0.2, 0.25) is 5.82 Å². The van der Waals surface area contributed by atoms with Crippen molar-refractivity contribution in [2.45, 2.75) is 13.0 Å². The average Bonchev–Trinajstić information content (AvgIpc) is 2.32. The van der Waals surface area contributed by atoms with E-state index in [-0.39, 0.29) is 0 Å². The first kappa shape index (κ1) is 13.7. The van der Waals surface area contributed by atoms with Gasteiger partial charge in [0.15, 0.2) is 23.3 Å². The molecule has 1 rings (SSSR count). The van der Waals surface area contributed by atoms with Gasteiger partial charge in [0.1, 0.15) is 5.69 Å². The van der Waals surface area contributed by atoms with E-state index in [0.717, 1.165) is 11.9 Å². The van der Waals surface area contributed by atoms with Crippen molar-refractivity contribution in [3.8, 4) is 0 Å². The number of benzene rings is 1. The summed E-state index contributed by atoms with van der Waals surface area (Å²) >= 11 is 0. The Labute approximate surface area is 94.3 Å². The Balaban J connectivity index is 3.44. The zero-order valence-corrected chi connectivity index (χ0v) is 9.07. The number of hydrogen-bond donors (Lipinski definition) is 1. The summed E-state index contributed by atoms with van der Waals surface area (Å²) in [5, 5.41) is 8.79. The largest absolute Gasteiger partial charge is 0.394 e. The second-order valence-electron chi connectivity index (χ2n) is 3.56. The van der Waals surface area contributed by atoms with E-state index < -0.39 is 47.4 Å². The quantitative estimate of drug-likeness (QED) is 0.508. The number of rotatable bonds is 3. The molecule has 17 heavy (non-hydrogen) atoms. The van der Waals surface area contributed by atoms with Gasteiger partial charge in [0.25, 0.3) is 0 Å². The summed E-state index contributed by atoms with van der Waals surface area (Å²) in [6, 6.07) is -0.789.